The number of rotatable bonds is 24. The monoisotopic (exact) mass is 1710 g/mol. The Labute approximate surface area is 678 Å². The van der Waals surface area contributed by atoms with Crippen molar-refractivity contribution in [2.24, 2.45) is 0 Å². The van der Waals surface area contributed by atoms with Gasteiger partial charge in [-0.3, -0.25) is 0 Å². The smallest absolute Gasteiger partial charge is 0.119 e. The molecule has 0 atom stereocenters. The van der Waals surface area contributed by atoms with E-state index in [0.29, 0.717) is 0 Å². The van der Waals surface area contributed by atoms with E-state index in [0.717, 1.165) is 68.2 Å². The summed E-state index contributed by atoms with van der Waals surface area (Å²) in [6.07, 6.45) is 0. The van der Waals surface area contributed by atoms with E-state index in [-0.39, 0.29) is 86.0 Å². The Morgan fingerprint density at radius 2 is 0.269 bits per heavy atom. The van der Waals surface area contributed by atoms with Crippen LogP contribution in [0.5, 0.6) is 46.0 Å². The number of aliphatic hydroxyl groups is 4. The van der Waals surface area contributed by atoms with E-state index in [4.69, 9.17) is 37.9 Å². The van der Waals surface area contributed by atoms with Gasteiger partial charge < -0.3 is 87.0 Å². The second-order valence-electron chi connectivity index (χ2n) is 22.7. The molecule has 0 aliphatic rings. The number of hydrogen-bond acceptors (Lipinski definition) is 12. The summed E-state index contributed by atoms with van der Waals surface area (Å²) in [5, 5.41) is 52.6. The van der Waals surface area contributed by atoms with Crippen molar-refractivity contribution in [2.45, 2.75) is 40.3 Å². The molecule has 18 heteroatoms. The molecule has 12 aromatic rings. The van der Waals surface area contributed by atoms with Crippen LogP contribution in [0.3, 0.4) is 0 Å². The van der Waals surface area contributed by atoms with Gasteiger partial charge in [0.2, 0.25) is 0 Å². The Balaban J connectivity index is 0.000000363. The molecule has 0 fully saturated rings. The predicted molar refractivity (Wildman–Crippen MR) is 457 cm³/mol. The first-order valence-electron chi connectivity index (χ1n) is 33.8. The van der Waals surface area contributed by atoms with Crippen LogP contribution in [-0.2, 0) is 71.2 Å². The van der Waals surface area contributed by atoms with Crippen molar-refractivity contribution in [3.8, 4) is 46.0 Å². The van der Waals surface area contributed by atoms with E-state index < -0.39 is 31.7 Å². The molecular formula is C90H104Ag2O12P4. The van der Waals surface area contributed by atoms with Crippen molar-refractivity contribution in [3.05, 3.63) is 342 Å². The number of aliphatic hydroxyl groups excluding tert-OH is 4. The van der Waals surface area contributed by atoms with Crippen molar-refractivity contribution in [1.29, 1.82) is 0 Å². The maximum Gasteiger partial charge on any atom is 0.119 e. The van der Waals surface area contributed by atoms with E-state index in [9.17, 15) is 20.4 Å². The van der Waals surface area contributed by atoms with Gasteiger partial charge in [0.05, 0.1) is 115 Å². The fourth-order valence-electron chi connectivity index (χ4n) is 11.2. The zero-order valence-corrected chi connectivity index (χ0v) is 70.6. The standard InChI is InChI=1S/4C21H21O3P.2C2H5.2CH3.2Ag/c4*1-23-17-5-11-20(12-6-17)25(19-9-3-16(15-22)4-10-19)21-13-7-18(24-2)8-14-21;2*1-2;;;;/h4*3-14,22H,15H2,1-2H3;2*1H2,2H3;2*1H3;;/q;;;;4*-1;;/p+4. The Kier molecular flexibility index (Phi) is 44.9. The van der Waals surface area contributed by atoms with Crippen LogP contribution in [0.4, 0.5) is 0 Å². The Morgan fingerprint density at radius 3 is 0.343 bits per heavy atom. The molecular weight excluding hydrogens is 1610 g/mol. The first-order chi connectivity index (χ1) is 51.0. The van der Waals surface area contributed by atoms with Crippen LogP contribution in [0.2, 0.25) is 0 Å². The molecule has 0 saturated carbocycles. The van der Waals surface area contributed by atoms with Gasteiger partial charge in [0.1, 0.15) is 110 Å². The van der Waals surface area contributed by atoms with Gasteiger partial charge in [-0.05, 0) is 265 Å². The van der Waals surface area contributed by atoms with Gasteiger partial charge in [-0.2, -0.15) is 13.8 Å². The average Bonchev–Trinajstić information content (AvgIpc) is 0.826. The number of hydrogen-bond donors (Lipinski definition) is 4. The largest absolute Gasteiger partial charge is 0.497 e. The van der Waals surface area contributed by atoms with Crippen molar-refractivity contribution < 1.29 is 103 Å². The van der Waals surface area contributed by atoms with Crippen LogP contribution >= 0.6 is 31.7 Å². The molecule has 12 rings (SSSR count). The third-order valence-corrected chi connectivity index (χ3v) is 27.7. The quantitative estimate of drug-likeness (QED) is 0.0259. The molecule has 0 aliphatic carbocycles. The molecule has 0 heterocycles. The summed E-state index contributed by atoms with van der Waals surface area (Å²) in [6, 6.07) is 99.2. The minimum atomic E-state index is -1.14. The number of benzene rings is 12. The van der Waals surface area contributed by atoms with Gasteiger partial charge >= 0.3 is 0 Å². The fraction of sp³-hybridized carbons (Fsp3) is 0.156. The molecule has 108 heavy (non-hydrogen) atoms. The zero-order valence-electron chi connectivity index (χ0n) is 63.6. The summed E-state index contributed by atoms with van der Waals surface area (Å²) in [7, 11) is 8.85. The minimum absolute atomic E-state index is 0. The van der Waals surface area contributed by atoms with Gasteiger partial charge in [0.25, 0.3) is 0 Å². The number of ether oxygens (including phenoxy) is 8. The van der Waals surface area contributed by atoms with Gasteiger partial charge in [-0.15, -0.1) is 0 Å². The summed E-state index contributed by atoms with van der Waals surface area (Å²) in [4.78, 5) is 0. The van der Waals surface area contributed by atoms with E-state index in [1.165, 1.54) is 63.7 Å². The minimum Gasteiger partial charge on any atom is -0.497 e. The molecule has 0 aromatic heterocycles. The SMILES string of the molecule is COc1ccc([PH+](c2ccc(CO)cc2)c2ccc(OC)cc2)cc1.COc1ccc([PH+](c2ccc(CO)cc2)c2ccc(OC)cc2)cc1.COc1ccc([PH+](c2ccc(CO)cc2)c2ccc(OC)cc2)cc1.COc1ccc([PH+](c2ccc(CO)cc2)c2ccc(OC)cc2)cc1.[Ag].[Ag].[CH2-]C.[CH2-]C.[CH3-].[CH3-]. The van der Waals surface area contributed by atoms with Crippen molar-refractivity contribution in [3.63, 3.8) is 0 Å². The maximum atomic E-state index is 9.30. The Bertz CT molecular complexity index is 3320. The van der Waals surface area contributed by atoms with E-state index in [2.05, 4.69) is 159 Å². The Morgan fingerprint density at radius 1 is 0.185 bits per heavy atom. The van der Waals surface area contributed by atoms with Crippen LogP contribution in [0, 0.1) is 28.7 Å². The van der Waals surface area contributed by atoms with Crippen LogP contribution in [0.1, 0.15) is 36.1 Å². The molecule has 4 N–H and O–H groups in total. The molecule has 12 nitrogen and oxygen atoms in total. The second-order valence-corrected chi connectivity index (χ2v) is 32.7. The molecule has 0 aliphatic heterocycles. The predicted octanol–water partition coefficient (Wildman–Crippen LogP) is 13.3. The summed E-state index contributed by atoms with van der Waals surface area (Å²) in [5.41, 5.74) is 3.70. The first kappa shape index (κ1) is 94.3. The maximum absolute atomic E-state index is 9.30. The van der Waals surface area contributed by atoms with Gasteiger partial charge in [-0.25, -0.2) is 0 Å². The molecule has 12 aromatic carbocycles. The molecule has 0 bridgehead atoms. The Hall–Kier alpha value is -7.92. The van der Waals surface area contributed by atoms with Gasteiger partial charge in [0.15, 0.2) is 0 Å². The van der Waals surface area contributed by atoms with Crippen LogP contribution in [0.25, 0.3) is 0 Å². The third kappa shape index (κ3) is 27.3. The van der Waals surface area contributed by atoms with E-state index in [1.54, 1.807) is 70.7 Å². The molecule has 0 unspecified atom stereocenters. The summed E-state index contributed by atoms with van der Waals surface area (Å²) >= 11 is 0. The van der Waals surface area contributed by atoms with E-state index in [1.807, 2.05) is 146 Å². The third-order valence-electron chi connectivity index (χ3n) is 16.7. The molecule has 0 spiro atoms. The molecule has 0 saturated heterocycles. The average molecular weight is 1720 g/mol. The van der Waals surface area contributed by atoms with Crippen LogP contribution in [0.15, 0.2) is 291 Å². The van der Waals surface area contributed by atoms with Crippen LogP contribution in [-0.4, -0.2) is 77.3 Å². The topological polar surface area (TPSA) is 155 Å². The molecule has 2 radical (unpaired) electrons. The second kappa shape index (κ2) is 51.5. The fourth-order valence-corrected chi connectivity index (χ4v) is 21.2. The summed E-state index contributed by atoms with van der Waals surface area (Å²) in [5.74, 6) is 6.86. The van der Waals surface area contributed by atoms with Crippen LogP contribution < -0.4 is 102 Å². The van der Waals surface area contributed by atoms with E-state index >= 15 is 0 Å². The van der Waals surface area contributed by atoms with Gasteiger partial charge in [0, 0.05) is 44.8 Å². The van der Waals surface area contributed by atoms with Crippen molar-refractivity contribution in [2.75, 3.05) is 56.9 Å². The van der Waals surface area contributed by atoms with Crippen molar-refractivity contribution >= 4 is 95.3 Å². The summed E-state index contributed by atoms with van der Waals surface area (Å²) in [6.45, 7) is 10.3. The zero-order chi connectivity index (χ0) is 74.6. The normalized spacial score (nSPS) is 10.0. The molecule has 0 amide bonds. The first-order valence-corrected chi connectivity index (χ1v) is 39.8. The summed E-state index contributed by atoms with van der Waals surface area (Å²) < 4.78 is 42.3. The van der Waals surface area contributed by atoms with Crippen molar-refractivity contribution in [1.82, 2.24) is 0 Å². The number of methoxy groups -OCH3 is 8. The van der Waals surface area contributed by atoms with Gasteiger partial charge in [-0.1, -0.05) is 48.5 Å². The molecule has 578 valence electrons.